The molecule has 0 heterocycles. The largest absolute Gasteiger partial charge is 0.395 e. The normalized spacial score (nSPS) is 16.4. The first kappa shape index (κ1) is 10.8. The maximum absolute atomic E-state index is 8.87. The average Bonchev–Trinajstić information content (AvgIpc) is 2.02. The maximum atomic E-state index is 8.87. The molecule has 0 aliphatic heterocycles. The van der Waals surface area contributed by atoms with Gasteiger partial charge in [0.15, 0.2) is 0 Å². The average molecular weight is 162 g/mol. The number of nitrogens with one attached hydrogen (secondary N) is 1. The predicted octanol–water partition coefficient (Wildman–Crippen LogP) is -0.984. The van der Waals surface area contributed by atoms with Gasteiger partial charge in [-0.1, -0.05) is 13.3 Å². The number of nitrogens with two attached hydrogens (primary N) is 1. The molecule has 0 amide bonds. The number of hydrogen-bond donors (Lipinski definition) is 4. The Labute approximate surface area is 67.4 Å². The van der Waals surface area contributed by atoms with Crippen LogP contribution in [-0.4, -0.2) is 35.6 Å². The monoisotopic (exact) mass is 162 g/mol. The van der Waals surface area contributed by atoms with Crippen LogP contribution in [0.25, 0.3) is 0 Å². The van der Waals surface area contributed by atoms with Crippen LogP contribution >= 0.6 is 0 Å². The Morgan fingerprint density at radius 2 is 2.09 bits per heavy atom. The van der Waals surface area contributed by atoms with Gasteiger partial charge in [0.25, 0.3) is 0 Å². The maximum Gasteiger partial charge on any atom is 0.0900 e. The van der Waals surface area contributed by atoms with Crippen molar-refractivity contribution in [3.63, 3.8) is 0 Å². The SMILES string of the molecule is CCCC(N)(CO)NCCO. The molecule has 0 spiro atoms. The summed E-state index contributed by atoms with van der Waals surface area (Å²) < 4.78 is 0. The summed E-state index contributed by atoms with van der Waals surface area (Å²) in [5, 5.41) is 20.2. The first-order chi connectivity index (χ1) is 5.18. The van der Waals surface area contributed by atoms with E-state index in [0.717, 1.165) is 6.42 Å². The molecule has 0 saturated carbocycles. The van der Waals surface area contributed by atoms with E-state index in [1.165, 1.54) is 0 Å². The van der Waals surface area contributed by atoms with Crippen LogP contribution in [0.5, 0.6) is 0 Å². The second-order valence-electron chi connectivity index (χ2n) is 2.71. The van der Waals surface area contributed by atoms with E-state index in [4.69, 9.17) is 15.9 Å². The van der Waals surface area contributed by atoms with E-state index in [1.54, 1.807) is 0 Å². The molecule has 0 saturated heterocycles. The Kier molecular flexibility index (Phi) is 5.41. The molecule has 0 aliphatic carbocycles. The molecule has 0 aromatic rings. The fraction of sp³-hybridized carbons (Fsp3) is 1.00. The zero-order valence-corrected chi connectivity index (χ0v) is 7.01. The topological polar surface area (TPSA) is 78.5 Å². The summed E-state index contributed by atoms with van der Waals surface area (Å²) in [6, 6.07) is 0. The van der Waals surface area contributed by atoms with Gasteiger partial charge in [0, 0.05) is 6.54 Å². The molecule has 0 fully saturated rings. The van der Waals surface area contributed by atoms with Crippen molar-refractivity contribution in [2.45, 2.75) is 25.4 Å². The summed E-state index contributed by atoms with van der Waals surface area (Å²) in [5.74, 6) is 0. The van der Waals surface area contributed by atoms with E-state index >= 15 is 0 Å². The zero-order chi connectivity index (χ0) is 8.74. The van der Waals surface area contributed by atoms with Gasteiger partial charge < -0.3 is 15.9 Å². The Morgan fingerprint density at radius 1 is 1.45 bits per heavy atom. The molecule has 11 heavy (non-hydrogen) atoms. The summed E-state index contributed by atoms with van der Waals surface area (Å²) in [5.41, 5.74) is 5.01. The highest BCUT2D eigenvalue weighted by molar-refractivity contribution is 4.79. The van der Waals surface area contributed by atoms with Crippen LogP contribution < -0.4 is 11.1 Å². The van der Waals surface area contributed by atoms with Crippen molar-refractivity contribution in [1.82, 2.24) is 5.32 Å². The minimum atomic E-state index is -0.711. The van der Waals surface area contributed by atoms with Gasteiger partial charge in [-0.2, -0.15) is 0 Å². The van der Waals surface area contributed by atoms with Crippen LogP contribution in [0, 0.1) is 0 Å². The molecule has 0 aromatic heterocycles. The van der Waals surface area contributed by atoms with E-state index in [2.05, 4.69) is 5.32 Å². The highest BCUT2D eigenvalue weighted by Gasteiger charge is 2.20. The van der Waals surface area contributed by atoms with Crippen molar-refractivity contribution >= 4 is 0 Å². The Morgan fingerprint density at radius 3 is 2.45 bits per heavy atom. The fourth-order valence-electron chi connectivity index (χ4n) is 0.974. The molecule has 4 nitrogen and oxygen atoms in total. The van der Waals surface area contributed by atoms with Crippen molar-refractivity contribution in [3.8, 4) is 0 Å². The van der Waals surface area contributed by atoms with Crippen LogP contribution in [0.2, 0.25) is 0 Å². The highest BCUT2D eigenvalue weighted by atomic mass is 16.3. The van der Waals surface area contributed by atoms with E-state index in [1.807, 2.05) is 6.92 Å². The minimum absolute atomic E-state index is 0.0443. The van der Waals surface area contributed by atoms with Crippen LogP contribution in [0.3, 0.4) is 0 Å². The Bertz CT molecular complexity index is 100. The number of aliphatic hydroxyl groups is 2. The van der Waals surface area contributed by atoms with Crippen molar-refractivity contribution in [2.75, 3.05) is 19.8 Å². The van der Waals surface area contributed by atoms with Crippen LogP contribution in [0.4, 0.5) is 0 Å². The molecule has 4 heteroatoms. The molecular weight excluding hydrogens is 144 g/mol. The van der Waals surface area contributed by atoms with E-state index in [0.29, 0.717) is 13.0 Å². The standard InChI is InChI=1S/C7H18N2O2/c1-2-3-7(8,6-11)9-4-5-10/h9-11H,2-6,8H2,1H3. The lowest BCUT2D eigenvalue weighted by molar-refractivity contribution is 0.146. The molecule has 0 radical (unpaired) electrons. The lowest BCUT2D eigenvalue weighted by Gasteiger charge is -2.27. The van der Waals surface area contributed by atoms with E-state index in [9.17, 15) is 0 Å². The third-order valence-corrected chi connectivity index (χ3v) is 1.57. The zero-order valence-electron chi connectivity index (χ0n) is 7.01. The Balaban J connectivity index is 3.68. The van der Waals surface area contributed by atoms with Crippen LogP contribution in [0.15, 0.2) is 0 Å². The molecule has 0 aromatic carbocycles. The van der Waals surface area contributed by atoms with Gasteiger partial charge in [-0.25, -0.2) is 0 Å². The molecule has 0 bridgehead atoms. The predicted molar refractivity (Wildman–Crippen MR) is 44.0 cm³/mol. The Hall–Kier alpha value is -0.160. The fourth-order valence-corrected chi connectivity index (χ4v) is 0.974. The van der Waals surface area contributed by atoms with Crippen molar-refractivity contribution < 1.29 is 10.2 Å². The number of hydrogen-bond acceptors (Lipinski definition) is 4. The van der Waals surface area contributed by atoms with Gasteiger partial charge in [-0.3, -0.25) is 5.32 Å². The minimum Gasteiger partial charge on any atom is -0.395 e. The van der Waals surface area contributed by atoms with Gasteiger partial charge in [-0.05, 0) is 6.42 Å². The summed E-state index contributed by atoms with van der Waals surface area (Å²) >= 11 is 0. The molecule has 1 atom stereocenters. The third-order valence-electron chi connectivity index (χ3n) is 1.57. The lowest BCUT2D eigenvalue weighted by Crippen LogP contribution is -2.57. The number of rotatable bonds is 6. The first-order valence-electron chi connectivity index (χ1n) is 3.94. The van der Waals surface area contributed by atoms with Crippen LogP contribution in [-0.2, 0) is 0 Å². The quantitative estimate of drug-likeness (QED) is 0.378. The van der Waals surface area contributed by atoms with E-state index < -0.39 is 5.66 Å². The molecule has 0 aliphatic rings. The molecule has 1 unspecified atom stereocenters. The molecule has 68 valence electrons. The summed E-state index contributed by atoms with van der Waals surface area (Å²) in [6.07, 6.45) is 1.62. The second kappa shape index (κ2) is 5.49. The van der Waals surface area contributed by atoms with E-state index in [-0.39, 0.29) is 13.2 Å². The van der Waals surface area contributed by atoms with Crippen molar-refractivity contribution in [2.24, 2.45) is 5.73 Å². The van der Waals surface area contributed by atoms with Gasteiger partial charge in [0.1, 0.15) is 0 Å². The van der Waals surface area contributed by atoms with Gasteiger partial charge >= 0.3 is 0 Å². The van der Waals surface area contributed by atoms with Crippen LogP contribution in [0.1, 0.15) is 19.8 Å². The summed E-state index contributed by atoms with van der Waals surface area (Å²) in [6.45, 7) is 2.37. The number of aliphatic hydroxyl groups excluding tert-OH is 2. The molecular formula is C7H18N2O2. The lowest BCUT2D eigenvalue weighted by atomic mass is 10.1. The van der Waals surface area contributed by atoms with Crippen molar-refractivity contribution in [3.05, 3.63) is 0 Å². The molecule has 5 N–H and O–H groups in total. The summed E-state index contributed by atoms with van der Waals surface area (Å²) in [7, 11) is 0. The van der Waals surface area contributed by atoms with Gasteiger partial charge in [-0.15, -0.1) is 0 Å². The van der Waals surface area contributed by atoms with Gasteiger partial charge in [0.2, 0.25) is 0 Å². The third kappa shape index (κ3) is 4.31. The summed E-state index contributed by atoms with van der Waals surface area (Å²) in [4.78, 5) is 0. The molecule has 0 rings (SSSR count). The van der Waals surface area contributed by atoms with Crippen molar-refractivity contribution in [1.29, 1.82) is 0 Å². The first-order valence-corrected chi connectivity index (χ1v) is 3.94. The smallest absolute Gasteiger partial charge is 0.0900 e. The second-order valence-corrected chi connectivity index (χ2v) is 2.71. The highest BCUT2D eigenvalue weighted by Crippen LogP contribution is 2.03. The van der Waals surface area contributed by atoms with Gasteiger partial charge in [0.05, 0.1) is 18.9 Å².